The molecule has 0 atom stereocenters. The first-order chi connectivity index (χ1) is 21.9. The second-order valence-corrected chi connectivity index (χ2v) is 11.4. The number of benzene rings is 4. The molecule has 0 spiro atoms. The number of rotatable bonds is 9. The third kappa shape index (κ3) is 7.11. The van der Waals surface area contributed by atoms with Crippen molar-refractivity contribution in [2.24, 2.45) is 5.92 Å². The smallest absolute Gasteiger partial charge is 0.429 e. The molecule has 1 nitrogen and oxygen atoms in total. The Bertz CT molecular complexity index is 1710. The maximum absolute atomic E-state index is 15.1. The minimum absolute atomic E-state index is 0.0698. The summed E-state index contributed by atoms with van der Waals surface area (Å²) in [4.78, 5) is 0. The average molecular weight is 649 g/mol. The van der Waals surface area contributed by atoms with Gasteiger partial charge in [-0.2, -0.15) is 8.78 Å². The lowest BCUT2D eigenvalue weighted by atomic mass is 9.77. The van der Waals surface area contributed by atoms with E-state index in [4.69, 9.17) is 0 Å². The van der Waals surface area contributed by atoms with Gasteiger partial charge in [-0.25, -0.2) is 30.7 Å². The van der Waals surface area contributed by atoms with E-state index in [1.165, 1.54) is 6.07 Å². The predicted molar refractivity (Wildman–Crippen MR) is 157 cm³/mol. The van der Waals surface area contributed by atoms with Crippen LogP contribution in [0.3, 0.4) is 0 Å². The summed E-state index contributed by atoms with van der Waals surface area (Å²) < 4.78 is 135. The van der Waals surface area contributed by atoms with E-state index in [-0.39, 0.29) is 28.2 Å². The monoisotopic (exact) mass is 648 g/mol. The first-order valence-electron chi connectivity index (χ1n) is 14.8. The number of alkyl halides is 2. The van der Waals surface area contributed by atoms with E-state index < -0.39 is 58.1 Å². The van der Waals surface area contributed by atoms with Crippen LogP contribution in [0.1, 0.15) is 62.5 Å². The molecule has 242 valence electrons. The van der Waals surface area contributed by atoms with Gasteiger partial charge in [-0.05, 0) is 116 Å². The van der Waals surface area contributed by atoms with Crippen molar-refractivity contribution in [1.82, 2.24) is 0 Å². The predicted octanol–water partition coefficient (Wildman–Crippen LogP) is 11.8. The Kier molecular flexibility index (Phi) is 9.84. The van der Waals surface area contributed by atoms with Gasteiger partial charge in [-0.1, -0.05) is 24.3 Å². The van der Waals surface area contributed by atoms with Crippen LogP contribution in [-0.2, 0) is 6.11 Å². The van der Waals surface area contributed by atoms with Crippen molar-refractivity contribution in [2.45, 2.75) is 57.5 Å². The lowest BCUT2D eigenvalue weighted by Gasteiger charge is -2.29. The maximum atomic E-state index is 15.1. The van der Waals surface area contributed by atoms with Gasteiger partial charge in [0.2, 0.25) is 0 Å². The second kappa shape index (κ2) is 13.6. The van der Waals surface area contributed by atoms with Crippen LogP contribution in [0.25, 0.3) is 22.3 Å². The van der Waals surface area contributed by atoms with Crippen molar-refractivity contribution < 1.29 is 44.3 Å². The highest BCUT2D eigenvalue weighted by Crippen LogP contribution is 2.41. The molecule has 1 saturated carbocycles. The van der Waals surface area contributed by atoms with Crippen LogP contribution in [0.5, 0.6) is 5.75 Å². The van der Waals surface area contributed by atoms with E-state index in [0.717, 1.165) is 62.1 Å². The topological polar surface area (TPSA) is 9.23 Å². The normalized spacial score (nSPS) is 17.1. The molecule has 1 aliphatic rings. The quantitative estimate of drug-likeness (QED) is 0.0997. The molecule has 0 amide bonds. The molecule has 0 saturated heterocycles. The molecule has 0 aliphatic heterocycles. The van der Waals surface area contributed by atoms with Crippen molar-refractivity contribution in [2.75, 3.05) is 0 Å². The van der Waals surface area contributed by atoms with E-state index in [1.54, 1.807) is 0 Å². The third-order valence-corrected chi connectivity index (χ3v) is 8.41. The molecule has 0 N–H and O–H groups in total. The third-order valence-electron chi connectivity index (χ3n) is 8.41. The highest BCUT2D eigenvalue weighted by Gasteiger charge is 2.42. The molecule has 0 radical (unpaired) electrons. The fourth-order valence-corrected chi connectivity index (χ4v) is 6.01. The summed E-state index contributed by atoms with van der Waals surface area (Å²) in [6, 6.07) is 8.59. The Labute approximate surface area is 260 Å². The fraction of sp³-hybridized carbons (Fsp3) is 0.278. The van der Waals surface area contributed by atoms with Gasteiger partial charge in [0.15, 0.2) is 17.5 Å². The van der Waals surface area contributed by atoms with Crippen LogP contribution >= 0.6 is 0 Å². The first-order valence-corrected chi connectivity index (χ1v) is 14.8. The molecule has 0 heterocycles. The largest absolute Gasteiger partial charge is 0.432 e. The van der Waals surface area contributed by atoms with E-state index in [9.17, 15) is 26.3 Å². The highest BCUT2D eigenvalue weighted by atomic mass is 19.3. The van der Waals surface area contributed by atoms with Crippen molar-refractivity contribution >= 4 is 0 Å². The number of halogens is 9. The lowest BCUT2D eigenvalue weighted by Crippen LogP contribution is -2.25. The van der Waals surface area contributed by atoms with Crippen LogP contribution in [-0.4, -0.2) is 0 Å². The summed E-state index contributed by atoms with van der Waals surface area (Å²) >= 11 is 0. The Hall–Kier alpha value is -4.21. The molecule has 4 aromatic rings. The SMILES string of the molecule is C/C=C/CCC1CCC(c2cc(F)c(C(F)(F)Oc3ccc(-c4ccc(-c5cc(F)c(F)c(F)c5)c(F)c4)c(F)c3)c(F)c2)CC1. The molecule has 0 bridgehead atoms. The van der Waals surface area contributed by atoms with E-state index in [0.29, 0.717) is 42.5 Å². The average Bonchev–Trinajstić information content (AvgIpc) is 2.99. The zero-order chi connectivity index (χ0) is 33.2. The second-order valence-electron chi connectivity index (χ2n) is 11.4. The number of hydrogen-bond donors (Lipinski definition) is 0. The van der Waals surface area contributed by atoms with Crippen molar-refractivity contribution in [3.8, 4) is 28.0 Å². The molecule has 1 fully saturated rings. The Morgan fingerprint density at radius 1 is 0.674 bits per heavy atom. The maximum Gasteiger partial charge on any atom is 0.432 e. The summed E-state index contributed by atoms with van der Waals surface area (Å²) in [5.74, 6) is -10.3. The first kappa shape index (κ1) is 33.2. The van der Waals surface area contributed by atoms with Crippen molar-refractivity contribution in [1.29, 1.82) is 0 Å². The van der Waals surface area contributed by atoms with Gasteiger partial charge in [-0.3, -0.25) is 0 Å². The van der Waals surface area contributed by atoms with Gasteiger partial charge in [0.1, 0.15) is 34.6 Å². The molecule has 10 heteroatoms. The fourth-order valence-electron chi connectivity index (χ4n) is 6.01. The highest BCUT2D eigenvalue weighted by molar-refractivity contribution is 5.72. The Balaban J connectivity index is 1.31. The summed E-state index contributed by atoms with van der Waals surface area (Å²) in [5.41, 5.74) is -2.24. The summed E-state index contributed by atoms with van der Waals surface area (Å²) in [6.45, 7) is 1.95. The van der Waals surface area contributed by atoms with Gasteiger partial charge in [0.05, 0.1) is 0 Å². The molecule has 46 heavy (non-hydrogen) atoms. The van der Waals surface area contributed by atoms with E-state index in [1.807, 2.05) is 13.0 Å². The van der Waals surface area contributed by atoms with Gasteiger partial charge in [-0.15, -0.1) is 0 Å². The van der Waals surface area contributed by atoms with Crippen LogP contribution in [0.4, 0.5) is 39.5 Å². The number of hydrogen-bond acceptors (Lipinski definition) is 1. The van der Waals surface area contributed by atoms with Gasteiger partial charge in [0, 0.05) is 17.2 Å². The molecule has 0 aromatic heterocycles. The Morgan fingerprint density at radius 3 is 1.83 bits per heavy atom. The van der Waals surface area contributed by atoms with E-state index >= 15 is 13.2 Å². The number of allylic oxidation sites excluding steroid dienone is 2. The standard InChI is InChI=1S/C36H29F9O/c1-2-3-4-5-20-6-8-21(9-7-20)23-15-30(39)34(31(40)16-23)36(44,45)46-25-11-13-26(29(38)19-25)22-10-12-27(28(37)14-22)24-17-32(41)35(43)33(42)18-24/h2-3,10-21H,4-9H2,1H3/b3-2+. The van der Waals surface area contributed by atoms with Crippen LogP contribution in [0.15, 0.2) is 72.8 Å². The zero-order valence-electron chi connectivity index (χ0n) is 24.6. The minimum atomic E-state index is -4.50. The van der Waals surface area contributed by atoms with E-state index in [2.05, 4.69) is 10.8 Å². The molecule has 5 rings (SSSR count). The molecular weight excluding hydrogens is 619 g/mol. The van der Waals surface area contributed by atoms with Crippen molar-refractivity contribution in [3.05, 3.63) is 125 Å². The van der Waals surface area contributed by atoms with Gasteiger partial charge >= 0.3 is 6.11 Å². The molecule has 0 unspecified atom stereocenters. The minimum Gasteiger partial charge on any atom is -0.429 e. The summed E-state index contributed by atoms with van der Waals surface area (Å²) in [7, 11) is 0. The van der Waals surface area contributed by atoms with Gasteiger partial charge < -0.3 is 4.74 Å². The van der Waals surface area contributed by atoms with Crippen LogP contribution in [0.2, 0.25) is 0 Å². The van der Waals surface area contributed by atoms with Crippen LogP contribution in [0, 0.1) is 46.6 Å². The number of ether oxygens (including phenoxy) is 1. The molecular formula is C36H29F9O. The summed E-state index contributed by atoms with van der Waals surface area (Å²) in [5, 5.41) is 0. The zero-order valence-corrected chi connectivity index (χ0v) is 24.6. The van der Waals surface area contributed by atoms with Crippen molar-refractivity contribution in [3.63, 3.8) is 0 Å². The molecule has 4 aromatic carbocycles. The molecule has 1 aliphatic carbocycles. The Morgan fingerprint density at radius 2 is 1.24 bits per heavy atom. The summed E-state index contributed by atoms with van der Waals surface area (Å²) in [6.07, 6.45) is 4.68. The van der Waals surface area contributed by atoms with Crippen LogP contribution < -0.4 is 4.74 Å². The van der Waals surface area contributed by atoms with Gasteiger partial charge in [0.25, 0.3) is 0 Å². The lowest BCUT2D eigenvalue weighted by molar-refractivity contribution is -0.189.